The van der Waals surface area contributed by atoms with Crippen LogP contribution in [0.5, 0.6) is 0 Å². The first-order valence-corrected chi connectivity index (χ1v) is 7.45. The van der Waals surface area contributed by atoms with E-state index in [1.807, 2.05) is 0 Å². The van der Waals surface area contributed by atoms with Crippen molar-refractivity contribution in [2.75, 3.05) is 32.8 Å². The van der Waals surface area contributed by atoms with E-state index in [4.69, 9.17) is 10.5 Å². The van der Waals surface area contributed by atoms with Gasteiger partial charge in [0.1, 0.15) is 0 Å². The molecule has 2 atom stereocenters. The van der Waals surface area contributed by atoms with Crippen molar-refractivity contribution in [1.29, 1.82) is 0 Å². The van der Waals surface area contributed by atoms with Crippen molar-refractivity contribution in [3.63, 3.8) is 0 Å². The lowest BCUT2D eigenvalue weighted by Gasteiger charge is -2.38. The van der Waals surface area contributed by atoms with E-state index in [1.165, 1.54) is 0 Å². The van der Waals surface area contributed by atoms with E-state index >= 15 is 0 Å². The molecule has 5 nitrogen and oxygen atoms in total. The van der Waals surface area contributed by atoms with Gasteiger partial charge in [0, 0.05) is 25.7 Å². The summed E-state index contributed by atoms with van der Waals surface area (Å²) in [7, 11) is 0. The molecule has 1 aliphatic heterocycles. The van der Waals surface area contributed by atoms with E-state index in [0.717, 1.165) is 39.1 Å². The van der Waals surface area contributed by atoms with Crippen LogP contribution in [0.4, 0.5) is 0 Å². The number of nitrogens with zero attached hydrogens (tertiary/aromatic N) is 1. The van der Waals surface area contributed by atoms with Gasteiger partial charge in [0.15, 0.2) is 0 Å². The van der Waals surface area contributed by atoms with Crippen molar-refractivity contribution in [1.82, 2.24) is 10.2 Å². The summed E-state index contributed by atoms with van der Waals surface area (Å²) in [6.45, 7) is 10.3. The number of carbonyl (C=O) groups excluding carboxylic acids is 1. The summed E-state index contributed by atoms with van der Waals surface area (Å²) in [5.74, 6) is 0.538. The summed E-state index contributed by atoms with van der Waals surface area (Å²) >= 11 is 0. The Morgan fingerprint density at radius 1 is 1.30 bits per heavy atom. The third-order valence-electron chi connectivity index (χ3n) is 4.01. The Morgan fingerprint density at radius 3 is 2.30 bits per heavy atom. The molecule has 0 radical (unpaired) electrons. The van der Waals surface area contributed by atoms with E-state index in [-0.39, 0.29) is 18.3 Å². The predicted octanol–water partition coefficient (Wildman–Crippen LogP) is 1.01. The Labute approximate surface area is 129 Å². The van der Waals surface area contributed by atoms with Gasteiger partial charge >= 0.3 is 0 Å². The topological polar surface area (TPSA) is 67.6 Å². The highest BCUT2D eigenvalue weighted by atomic mass is 35.5. The highest BCUT2D eigenvalue weighted by Gasteiger charge is 2.27. The van der Waals surface area contributed by atoms with Crippen LogP contribution in [0.1, 0.15) is 33.6 Å². The van der Waals surface area contributed by atoms with E-state index < -0.39 is 6.04 Å². The first-order chi connectivity index (χ1) is 9.10. The second-order valence-corrected chi connectivity index (χ2v) is 5.33. The van der Waals surface area contributed by atoms with Gasteiger partial charge in [0.25, 0.3) is 0 Å². The van der Waals surface area contributed by atoms with E-state index in [0.29, 0.717) is 18.5 Å². The molecule has 2 unspecified atom stereocenters. The summed E-state index contributed by atoms with van der Waals surface area (Å²) < 4.78 is 5.41. The number of amides is 1. The number of hydrogen-bond donors (Lipinski definition) is 2. The molecule has 20 heavy (non-hydrogen) atoms. The van der Waals surface area contributed by atoms with Crippen LogP contribution in [-0.2, 0) is 9.53 Å². The van der Waals surface area contributed by atoms with Crippen LogP contribution >= 0.6 is 12.4 Å². The molecule has 1 aliphatic rings. The Bertz CT molecular complexity index is 267. The standard InChI is InChI=1S/C14H29N3O2.ClH/c1-4-12(5-2)13(10-16-14(18)11(3)15)17-6-8-19-9-7-17;/h11-13H,4-10,15H2,1-3H3,(H,16,18);1H. The molecule has 0 saturated carbocycles. The molecule has 1 saturated heterocycles. The predicted molar refractivity (Wildman–Crippen MR) is 84.2 cm³/mol. The van der Waals surface area contributed by atoms with Crippen molar-refractivity contribution in [3.05, 3.63) is 0 Å². The first kappa shape index (κ1) is 19.6. The van der Waals surface area contributed by atoms with Gasteiger partial charge < -0.3 is 15.8 Å². The molecule has 1 amide bonds. The number of nitrogens with two attached hydrogens (primary N) is 1. The van der Waals surface area contributed by atoms with Crippen LogP contribution < -0.4 is 11.1 Å². The Balaban J connectivity index is 0.00000361. The highest BCUT2D eigenvalue weighted by molar-refractivity contribution is 5.85. The summed E-state index contributed by atoms with van der Waals surface area (Å²) in [5.41, 5.74) is 5.60. The minimum atomic E-state index is -0.438. The maximum atomic E-state index is 11.6. The smallest absolute Gasteiger partial charge is 0.236 e. The average Bonchev–Trinajstić information content (AvgIpc) is 2.43. The van der Waals surface area contributed by atoms with Crippen LogP contribution in [0, 0.1) is 5.92 Å². The number of rotatable bonds is 7. The number of hydrogen-bond acceptors (Lipinski definition) is 4. The van der Waals surface area contributed by atoms with Gasteiger partial charge in [-0.05, 0) is 12.8 Å². The fourth-order valence-corrected chi connectivity index (χ4v) is 2.70. The van der Waals surface area contributed by atoms with E-state index in [2.05, 4.69) is 24.1 Å². The molecule has 0 spiro atoms. The zero-order chi connectivity index (χ0) is 14.3. The van der Waals surface area contributed by atoms with Crippen molar-refractivity contribution in [2.24, 2.45) is 11.7 Å². The summed E-state index contributed by atoms with van der Waals surface area (Å²) in [6, 6.07) is -0.0476. The highest BCUT2D eigenvalue weighted by Crippen LogP contribution is 2.19. The minimum absolute atomic E-state index is 0. The lowest BCUT2D eigenvalue weighted by Crippen LogP contribution is -2.53. The van der Waals surface area contributed by atoms with Crippen molar-refractivity contribution in [2.45, 2.75) is 45.7 Å². The summed E-state index contributed by atoms with van der Waals surface area (Å²) in [4.78, 5) is 14.1. The quantitative estimate of drug-likeness (QED) is 0.736. The van der Waals surface area contributed by atoms with E-state index in [1.54, 1.807) is 6.92 Å². The molecule has 120 valence electrons. The second kappa shape index (κ2) is 10.4. The lowest BCUT2D eigenvalue weighted by molar-refractivity contribution is -0.122. The SMILES string of the molecule is CCC(CC)C(CNC(=O)C(C)N)N1CCOCC1.Cl. The number of carbonyl (C=O) groups is 1. The average molecular weight is 308 g/mol. The third kappa shape index (κ3) is 5.95. The maximum absolute atomic E-state index is 11.6. The van der Waals surface area contributed by atoms with Gasteiger partial charge in [0.05, 0.1) is 19.3 Å². The Kier molecular flexibility index (Phi) is 10.2. The molecule has 1 heterocycles. The monoisotopic (exact) mass is 307 g/mol. The van der Waals surface area contributed by atoms with Crippen LogP contribution in [0.2, 0.25) is 0 Å². The van der Waals surface area contributed by atoms with Gasteiger partial charge in [-0.3, -0.25) is 9.69 Å². The summed E-state index contributed by atoms with van der Waals surface area (Å²) in [6.07, 6.45) is 2.26. The number of nitrogens with one attached hydrogen (secondary N) is 1. The van der Waals surface area contributed by atoms with Crippen LogP contribution in [0.25, 0.3) is 0 Å². The first-order valence-electron chi connectivity index (χ1n) is 7.45. The minimum Gasteiger partial charge on any atom is -0.379 e. The van der Waals surface area contributed by atoms with Crippen molar-refractivity contribution >= 4 is 18.3 Å². The Morgan fingerprint density at radius 2 is 1.85 bits per heavy atom. The maximum Gasteiger partial charge on any atom is 0.236 e. The van der Waals surface area contributed by atoms with Crippen LogP contribution in [0.15, 0.2) is 0 Å². The normalized spacial score (nSPS) is 19.2. The van der Waals surface area contributed by atoms with Gasteiger partial charge in [0.2, 0.25) is 5.91 Å². The van der Waals surface area contributed by atoms with Gasteiger partial charge in [-0.2, -0.15) is 0 Å². The molecule has 1 fully saturated rings. The molecule has 0 aromatic carbocycles. The van der Waals surface area contributed by atoms with Gasteiger partial charge in [-0.15, -0.1) is 12.4 Å². The molecule has 3 N–H and O–H groups in total. The molecular weight excluding hydrogens is 278 g/mol. The number of morpholine rings is 1. The van der Waals surface area contributed by atoms with E-state index in [9.17, 15) is 4.79 Å². The van der Waals surface area contributed by atoms with Crippen LogP contribution in [-0.4, -0.2) is 55.7 Å². The molecule has 0 bridgehead atoms. The molecule has 0 aromatic rings. The molecule has 1 rings (SSSR count). The summed E-state index contributed by atoms with van der Waals surface area (Å²) in [5, 5.41) is 2.98. The second-order valence-electron chi connectivity index (χ2n) is 5.33. The molecule has 0 aromatic heterocycles. The largest absolute Gasteiger partial charge is 0.379 e. The van der Waals surface area contributed by atoms with Crippen molar-refractivity contribution < 1.29 is 9.53 Å². The Hall–Kier alpha value is -0.360. The molecular formula is C14H30ClN3O2. The zero-order valence-electron chi connectivity index (χ0n) is 12.9. The molecule has 0 aliphatic carbocycles. The van der Waals surface area contributed by atoms with Crippen molar-refractivity contribution in [3.8, 4) is 0 Å². The number of ether oxygens (including phenoxy) is 1. The molecule has 6 heteroatoms. The van der Waals surface area contributed by atoms with Gasteiger partial charge in [-0.1, -0.05) is 26.7 Å². The fraction of sp³-hybridized carbons (Fsp3) is 0.929. The fourth-order valence-electron chi connectivity index (χ4n) is 2.70. The zero-order valence-corrected chi connectivity index (χ0v) is 13.7. The number of halogens is 1. The van der Waals surface area contributed by atoms with Gasteiger partial charge in [-0.25, -0.2) is 0 Å². The third-order valence-corrected chi connectivity index (χ3v) is 4.01. The van der Waals surface area contributed by atoms with Crippen LogP contribution in [0.3, 0.4) is 0 Å². The lowest BCUT2D eigenvalue weighted by atomic mass is 9.92.